The molecule has 0 bridgehead atoms. The van der Waals surface area contributed by atoms with Gasteiger partial charge in [-0.2, -0.15) is 4.99 Å². The summed E-state index contributed by atoms with van der Waals surface area (Å²) in [6.45, 7) is 3.45. The lowest BCUT2D eigenvalue weighted by Crippen LogP contribution is -3.08. The van der Waals surface area contributed by atoms with Crippen LogP contribution in [0, 0.1) is 5.82 Å². The number of carbonyl (C=O) groups excluding carboxylic acids is 1. The van der Waals surface area contributed by atoms with Crippen molar-refractivity contribution in [1.82, 2.24) is 0 Å². The monoisotopic (exact) mass is 359 g/mol. The van der Waals surface area contributed by atoms with E-state index in [1.807, 2.05) is 0 Å². The molecule has 6 nitrogen and oxygen atoms in total. The lowest BCUT2D eigenvalue weighted by molar-refractivity contribution is -0.684. The van der Waals surface area contributed by atoms with Gasteiger partial charge in [0.1, 0.15) is 16.5 Å². The molecule has 0 saturated heterocycles. The maximum absolute atomic E-state index is 13.7. The van der Waals surface area contributed by atoms with Crippen molar-refractivity contribution in [3.05, 3.63) is 34.4 Å². The molecule has 3 rings (SSSR count). The highest BCUT2D eigenvalue weighted by atomic mass is 35.5. The Balaban J connectivity index is 2.25. The minimum atomic E-state index is -3.80. The van der Waals surface area contributed by atoms with Crippen molar-refractivity contribution < 1.29 is 27.2 Å². The van der Waals surface area contributed by atoms with E-state index in [1.165, 1.54) is 6.07 Å². The Morgan fingerprint density at radius 2 is 2.17 bits per heavy atom. The van der Waals surface area contributed by atoms with Crippen LogP contribution in [-0.2, 0) is 19.4 Å². The number of esters is 1. The van der Waals surface area contributed by atoms with E-state index in [9.17, 15) is 17.6 Å². The minimum absolute atomic E-state index is 0.0194. The SMILES string of the molecule is CCOC(=O)C1=C2CS(=O)(=O)c3cc(F)c(Cl)cc3[NH+]2C(C)=N1. The number of benzene rings is 1. The highest BCUT2D eigenvalue weighted by Crippen LogP contribution is 2.32. The number of halogens is 2. The normalized spacial score (nSPS) is 21.6. The number of nitrogens with zero attached hydrogens (tertiary/aromatic N) is 1. The van der Waals surface area contributed by atoms with Crippen LogP contribution in [0.1, 0.15) is 13.8 Å². The van der Waals surface area contributed by atoms with E-state index < -0.39 is 27.4 Å². The predicted molar refractivity (Wildman–Crippen MR) is 80.9 cm³/mol. The van der Waals surface area contributed by atoms with Gasteiger partial charge in [-0.25, -0.2) is 22.5 Å². The molecule has 23 heavy (non-hydrogen) atoms. The second kappa shape index (κ2) is 5.40. The van der Waals surface area contributed by atoms with Crippen molar-refractivity contribution in [2.75, 3.05) is 12.4 Å². The van der Waals surface area contributed by atoms with E-state index in [1.54, 1.807) is 13.8 Å². The van der Waals surface area contributed by atoms with Crippen LogP contribution in [0.5, 0.6) is 0 Å². The zero-order valence-electron chi connectivity index (χ0n) is 12.3. The summed E-state index contributed by atoms with van der Waals surface area (Å²) in [5.41, 5.74) is 0.517. The fraction of sp³-hybridized carbons (Fsp3) is 0.286. The van der Waals surface area contributed by atoms with E-state index in [0.717, 1.165) is 6.07 Å². The molecule has 9 heteroatoms. The lowest BCUT2D eigenvalue weighted by atomic mass is 10.2. The van der Waals surface area contributed by atoms with Crippen molar-refractivity contribution in [3.8, 4) is 0 Å². The van der Waals surface area contributed by atoms with Crippen LogP contribution in [0.4, 0.5) is 10.1 Å². The number of quaternary nitrogens is 1. The van der Waals surface area contributed by atoms with Gasteiger partial charge in [0.15, 0.2) is 21.2 Å². The van der Waals surface area contributed by atoms with E-state index in [0.29, 0.717) is 10.7 Å². The van der Waals surface area contributed by atoms with Crippen LogP contribution >= 0.6 is 11.6 Å². The molecule has 1 aromatic carbocycles. The van der Waals surface area contributed by atoms with Gasteiger partial charge in [0, 0.05) is 19.1 Å². The van der Waals surface area contributed by atoms with Crippen LogP contribution in [0.25, 0.3) is 0 Å². The number of hydrogen-bond acceptors (Lipinski definition) is 5. The van der Waals surface area contributed by atoms with E-state index >= 15 is 0 Å². The maximum Gasteiger partial charge on any atom is 0.363 e. The standard InChI is InChI=1S/C14H12ClFN2O4S/c1-3-22-14(19)13-11-6-23(20,21)12-5-9(16)8(15)4-10(12)18(11)7(2)17-13/h4-5H,3,6H2,1-2H3/p+1. The average Bonchev–Trinajstić information content (AvgIpc) is 2.77. The largest absolute Gasteiger partial charge is 0.461 e. The Morgan fingerprint density at radius 3 is 2.83 bits per heavy atom. The number of fused-ring (bicyclic) bond motifs is 3. The van der Waals surface area contributed by atoms with Crippen molar-refractivity contribution >= 4 is 38.9 Å². The lowest BCUT2D eigenvalue weighted by Gasteiger charge is -2.24. The van der Waals surface area contributed by atoms with Crippen LogP contribution in [0.15, 0.2) is 33.4 Å². The third kappa shape index (κ3) is 2.46. The number of aliphatic imine (C=N–C) groups is 1. The molecule has 1 atom stereocenters. The number of ether oxygens (including phenoxy) is 1. The Bertz CT molecular complexity index is 892. The first-order valence-electron chi connectivity index (χ1n) is 6.81. The third-order valence-corrected chi connectivity index (χ3v) is 5.63. The van der Waals surface area contributed by atoms with Crippen LogP contribution < -0.4 is 4.90 Å². The van der Waals surface area contributed by atoms with E-state index in [-0.39, 0.29) is 33.6 Å². The summed E-state index contributed by atoms with van der Waals surface area (Å²) in [4.78, 5) is 16.5. The fourth-order valence-electron chi connectivity index (χ4n) is 2.74. The Morgan fingerprint density at radius 1 is 1.48 bits per heavy atom. The number of carbonyl (C=O) groups is 1. The van der Waals surface area contributed by atoms with Crippen LogP contribution in [-0.4, -0.2) is 32.6 Å². The van der Waals surface area contributed by atoms with Gasteiger partial charge in [0.2, 0.25) is 11.5 Å². The molecule has 1 unspecified atom stereocenters. The van der Waals surface area contributed by atoms with E-state index in [4.69, 9.17) is 16.3 Å². The molecule has 1 N–H and O–H groups in total. The number of sulfone groups is 1. The second-order valence-corrected chi connectivity index (χ2v) is 7.51. The van der Waals surface area contributed by atoms with Crippen LogP contribution in [0.3, 0.4) is 0 Å². The molecule has 0 amide bonds. The highest BCUT2D eigenvalue weighted by molar-refractivity contribution is 7.91. The smallest absolute Gasteiger partial charge is 0.363 e. The van der Waals surface area contributed by atoms with Gasteiger partial charge >= 0.3 is 5.97 Å². The number of nitrogens with one attached hydrogen (secondary N) is 1. The first kappa shape index (κ1) is 16.1. The zero-order chi connectivity index (χ0) is 16.9. The van der Waals surface area contributed by atoms with Gasteiger partial charge in [0.05, 0.1) is 11.6 Å². The highest BCUT2D eigenvalue weighted by Gasteiger charge is 2.46. The molecule has 2 aliphatic rings. The van der Waals surface area contributed by atoms with Crippen molar-refractivity contribution in [2.24, 2.45) is 4.99 Å². The quantitative estimate of drug-likeness (QED) is 0.799. The fourth-order valence-corrected chi connectivity index (χ4v) is 4.50. The van der Waals surface area contributed by atoms with Gasteiger partial charge in [0.25, 0.3) is 0 Å². The summed E-state index contributed by atoms with van der Waals surface area (Å²) in [5, 5.41) is -0.190. The van der Waals surface area contributed by atoms with Gasteiger partial charge < -0.3 is 4.74 Å². The number of hydrogen-bond donors (Lipinski definition) is 1. The van der Waals surface area contributed by atoms with Crippen molar-refractivity contribution in [1.29, 1.82) is 0 Å². The Kier molecular flexibility index (Phi) is 3.78. The maximum atomic E-state index is 13.7. The molecule has 1 aromatic rings. The average molecular weight is 360 g/mol. The summed E-state index contributed by atoms with van der Waals surface area (Å²) in [5.74, 6) is -1.43. The number of rotatable bonds is 2. The molecule has 0 aromatic heterocycles. The summed E-state index contributed by atoms with van der Waals surface area (Å²) in [7, 11) is -3.80. The Labute approximate surface area is 137 Å². The summed E-state index contributed by atoms with van der Waals surface area (Å²) >= 11 is 5.79. The zero-order valence-corrected chi connectivity index (χ0v) is 13.9. The first-order valence-corrected chi connectivity index (χ1v) is 8.84. The van der Waals surface area contributed by atoms with Gasteiger partial charge in [-0.3, -0.25) is 0 Å². The molecule has 2 aliphatic heterocycles. The first-order chi connectivity index (χ1) is 10.8. The van der Waals surface area contributed by atoms with Crippen LogP contribution in [0.2, 0.25) is 5.02 Å². The molecular formula is C14H13ClFN2O4S+. The van der Waals surface area contributed by atoms with Gasteiger partial charge in [-0.15, -0.1) is 0 Å². The summed E-state index contributed by atoms with van der Waals surface area (Å²) in [6.07, 6.45) is 0. The molecule has 122 valence electrons. The minimum Gasteiger partial charge on any atom is -0.461 e. The molecule has 0 saturated carbocycles. The molecule has 0 spiro atoms. The predicted octanol–water partition coefficient (Wildman–Crippen LogP) is 0.990. The third-order valence-electron chi connectivity index (χ3n) is 3.66. The Hall–Kier alpha value is -1.77. The molecule has 0 aliphatic carbocycles. The molecule has 2 heterocycles. The van der Waals surface area contributed by atoms with E-state index in [2.05, 4.69) is 4.99 Å². The van der Waals surface area contributed by atoms with Gasteiger partial charge in [-0.1, -0.05) is 11.6 Å². The summed E-state index contributed by atoms with van der Waals surface area (Å²) in [6, 6.07) is 2.16. The van der Waals surface area contributed by atoms with Gasteiger partial charge in [-0.05, 0) is 6.92 Å². The molecular weight excluding hydrogens is 347 g/mol. The summed E-state index contributed by atoms with van der Waals surface area (Å²) < 4.78 is 43.5. The van der Waals surface area contributed by atoms with Crippen molar-refractivity contribution in [2.45, 2.75) is 18.7 Å². The van der Waals surface area contributed by atoms with Crippen molar-refractivity contribution in [3.63, 3.8) is 0 Å². The number of amidine groups is 1. The second-order valence-electron chi connectivity index (χ2n) is 5.14. The molecule has 0 radical (unpaired) electrons. The topological polar surface area (TPSA) is 77.2 Å². The molecule has 0 fully saturated rings.